The van der Waals surface area contributed by atoms with E-state index in [-0.39, 0.29) is 33.8 Å². The van der Waals surface area contributed by atoms with Crippen LogP contribution >= 0.6 is 15.9 Å². The van der Waals surface area contributed by atoms with Gasteiger partial charge in [0.2, 0.25) is 0 Å². The first-order chi connectivity index (χ1) is 20.4. The first-order valence-electron chi connectivity index (χ1n) is 12.1. The predicted molar refractivity (Wildman–Crippen MR) is 153 cm³/mol. The van der Waals surface area contributed by atoms with Crippen LogP contribution in [0.5, 0.6) is 5.75 Å². The minimum atomic E-state index is -4.61. The van der Waals surface area contributed by atoms with Gasteiger partial charge in [-0.1, -0.05) is 28.1 Å². The maximum atomic E-state index is 13.0. The molecule has 4 rings (SSSR count). The van der Waals surface area contributed by atoms with Crippen LogP contribution in [-0.2, 0) is 6.18 Å². The van der Waals surface area contributed by atoms with Crippen molar-refractivity contribution in [1.82, 2.24) is 5.43 Å². The number of esters is 1. The average Bonchev–Trinajstić information content (AvgIpc) is 2.98. The molecular formula is C29H18BrF3N4O6. The summed E-state index contributed by atoms with van der Waals surface area (Å²) >= 11 is 3.30. The summed E-state index contributed by atoms with van der Waals surface area (Å²) in [6.07, 6.45) is -3.39. The van der Waals surface area contributed by atoms with Crippen LogP contribution in [0.15, 0.2) is 101 Å². The molecule has 0 bridgehead atoms. The highest BCUT2D eigenvalue weighted by Crippen LogP contribution is 2.30. The maximum Gasteiger partial charge on any atom is 0.416 e. The minimum Gasteiger partial charge on any atom is -0.422 e. The van der Waals surface area contributed by atoms with Gasteiger partial charge in [0, 0.05) is 39.0 Å². The van der Waals surface area contributed by atoms with Crippen LogP contribution in [0, 0.1) is 10.1 Å². The third-order valence-electron chi connectivity index (χ3n) is 5.69. The van der Waals surface area contributed by atoms with Crippen molar-refractivity contribution in [2.24, 2.45) is 5.10 Å². The summed E-state index contributed by atoms with van der Waals surface area (Å²) in [7, 11) is 0. The Hall–Kier alpha value is -5.37. The second kappa shape index (κ2) is 13.1. The predicted octanol–water partition coefficient (Wildman–Crippen LogP) is 6.61. The summed E-state index contributed by atoms with van der Waals surface area (Å²) in [5.41, 5.74) is 1.54. The molecule has 0 saturated heterocycles. The molecular weight excluding hydrogens is 637 g/mol. The van der Waals surface area contributed by atoms with Gasteiger partial charge in [0.05, 0.1) is 22.3 Å². The molecule has 0 aliphatic carbocycles. The van der Waals surface area contributed by atoms with Gasteiger partial charge in [0.1, 0.15) is 5.75 Å². The molecule has 0 spiro atoms. The second-order valence-corrected chi connectivity index (χ2v) is 9.60. The number of nitrogens with zero attached hydrogens (tertiary/aromatic N) is 2. The Bertz CT molecular complexity index is 1740. The van der Waals surface area contributed by atoms with E-state index < -0.39 is 34.4 Å². The molecule has 0 unspecified atom stereocenters. The molecule has 0 saturated carbocycles. The molecule has 0 fully saturated rings. The molecule has 14 heteroatoms. The highest BCUT2D eigenvalue weighted by atomic mass is 79.9. The zero-order chi connectivity index (χ0) is 31.1. The fraction of sp³-hybridized carbons (Fsp3) is 0.0345. The van der Waals surface area contributed by atoms with Crippen LogP contribution in [0.4, 0.5) is 24.5 Å². The van der Waals surface area contributed by atoms with Gasteiger partial charge in [-0.25, -0.2) is 10.2 Å². The number of carbonyl (C=O) groups excluding carboxylic acids is 3. The van der Waals surface area contributed by atoms with E-state index in [0.29, 0.717) is 10.0 Å². The number of non-ortho nitro benzene ring substituents is 1. The molecule has 4 aromatic rings. The lowest BCUT2D eigenvalue weighted by atomic mass is 10.1. The largest absolute Gasteiger partial charge is 0.422 e. The van der Waals surface area contributed by atoms with E-state index in [0.717, 1.165) is 18.2 Å². The van der Waals surface area contributed by atoms with Gasteiger partial charge in [-0.15, -0.1) is 0 Å². The van der Waals surface area contributed by atoms with E-state index in [1.165, 1.54) is 66.9 Å². The van der Waals surface area contributed by atoms with E-state index in [2.05, 4.69) is 31.8 Å². The first-order valence-corrected chi connectivity index (χ1v) is 12.9. The number of nitrogens with one attached hydrogen (secondary N) is 2. The molecule has 218 valence electrons. The van der Waals surface area contributed by atoms with E-state index in [1.54, 1.807) is 12.1 Å². The van der Waals surface area contributed by atoms with Gasteiger partial charge in [0.15, 0.2) is 0 Å². The van der Waals surface area contributed by atoms with E-state index in [4.69, 9.17) is 4.74 Å². The Morgan fingerprint density at radius 3 is 2.21 bits per heavy atom. The van der Waals surface area contributed by atoms with E-state index >= 15 is 0 Å². The molecule has 0 atom stereocenters. The summed E-state index contributed by atoms with van der Waals surface area (Å²) < 4.78 is 45.0. The zero-order valence-corrected chi connectivity index (χ0v) is 23.2. The molecule has 43 heavy (non-hydrogen) atoms. The highest BCUT2D eigenvalue weighted by molar-refractivity contribution is 9.10. The van der Waals surface area contributed by atoms with Gasteiger partial charge < -0.3 is 10.1 Å². The fourth-order valence-electron chi connectivity index (χ4n) is 3.59. The Morgan fingerprint density at radius 2 is 1.53 bits per heavy atom. The van der Waals surface area contributed by atoms with Gasteiger partial charge in [-0.3, -0.25) is 19.7 Å². The third kappa shape index (κ3) is 8.10. The number of hydrogen-bond donors (Lipinski definition) is 2. The normalized spacial score (nSPS) is 11.2. The van der Waals surface area contributed by atoms with Gasteiger partial charge in [-0.05, 0) is 66.7 Å². The van der Waals surface area contributed by atoms with Gasteiger partial charge in [-0.2, -0.15) is 18.3 Å². The topological polar surface area (TPSA) is 140 Å². The van der Waals surface area contributed by atoms with Crippen molar-refractivity contribution in [1.29, 1.82) is 0 Å². The number of nitro benzene ring substituents is 1. The van der Waals surface area contributed by atoms with Crippen molar-refractivity contribution in [2.75, 3.05) is 5.32 Å². The smallest absolute Gasteiger partial charge is 0.416 e. The second-order valence-electron chi connectivity index (χ2n) is 8.69. The lowest BCUT2D eigenvalue weighted by Crippen LogP contribution is -2.19. The van der Waals surface area contributed by atoms with Gasteiger partial charge >= 0.3 is 12.1 Å². The minimum absolute atomic E-state index is 0.0738. The molecule has 2 amide bonds. The summed E-state index contributed by atoms with van der Waals surface area (Å²) in [4.78, 5) is 48.0. The molecule has 0 aliphatic heterocycles. The van der Waals surface area contributed by atoms with Crippen molar-refractivity contribution in [2.45, 2.75) is 6.18 Å². The lowest BCUT2D eigenvalue weighted by Gasteiger charge is -2.10. The molecule has 0 aromatic heterocycles. The zero-order valence-electron chi connectivity index (χ0n) is 21.6. The Labute approximate surface area is 249 Å². The van der Waals surface area contributed by atoms with Crippen LogP contribution in [0.1, 0.15) is 42.2 Å². The van der Waals surface area contributed by atoms with Crippen molar-refractivity contribution < 1.29 is 37.2 Å². The van der Waals surface area contributed by atoms with Crippen molar-refractivity contribution >= 4 is 51.3 Å². The number of rotatable bonds is 8. The number of hydrogen-bond acceptors (Lipinski definition) is 7. The number of hydrazone groups is 1. The summed E-state index contributed by atoms with van der Waals surface area (Å²) in [6, 6.07) is 19.1. The summed E-state index contributed by atoms with van der Waals surface area (Å²) in [6.45, 7) is 0. The Kier molecular flexibility index (Phi) is 9.30. The van der Waals surface area contributed by atoms with Crippen molar-refractivity contribution in [3.05, 3.63) is 133 Å². The number of alkyl halides is 3. The third-order valence-corrected chi connectivity index (χ3v) is 6.19. The summed E-state index contributed by atoms with van der Waals surface area (Å²) in [5.74, 6) is -2.17. The molecule has 10 nitrogen and oxygen atoms in total. The Morgan fingerprint density at radius 1 is 0.860 bits per heavy atom. The molecule has 2 N–H and O–H groups in total. The van der Waals surface area contributed by atoms with E-state index in [1.807, 2.05) is 0 Å². The number of anilines is 1. The first kappa shape index (κ1) is 30.6. The van der Waals surface area contributed by atoms with Crippen molar-refractivity contribution in [3.8, 4) is 5.75 Å². The standard InChI is InChI=1S/C29H18BrF3N4O6/c30-22-9-12-25(43-28(40)17-7-10-24(11-8-17)37(41)42)20(14-22)16-34-36-27(39)19-4-2-6-23(15-19)35-26(38)18-3-1-5-21(13-18)29(31,32)33/h1-16H,(H,35,38)(H,36,39). The monoisotopic (exact) mass is 654 g/mol. The average molecular weight is 655 g/mol. The number of nitro groups is 1. The van der Waals surface area contributed by atoms with Gasteiger partial charge in [0.25, 0.3) is 17.5 Å². The summed E-state index contributed by atoms with van der Waals surface area (Å²) in [5, 5.41) is 17.2. The molecule has 0 heterocycles. The fourth-order valence-corrected chi connectivity index (χ4v) is 3.97. The highest BCUT2D eigenvalue weighted by Gasteiger charge is 2.31. The molecule has 0 radical (unpaired) electrons. The molecule has 4 aromatic carbocycles. The Balaban J connectivity index is 1.42. The number of carbonyl (C=O) groups is 3. The number of benzene rings is 4. The van der Waals surface area contributed by atoms with Crippen molar-refractivity contribution in [3.63, 3.8) is 0 Å². The van der Waals surface area contributed by atoms with Crippen LogP contribution in [0.25, 0.3) is 0 Å². The quantitative estimate of drug-likeness (QED) is 0.0720. The van der Waals surface area contributed by atoms with Crippen LogP contribution < -0.4 is 15.5 Å². The lowest BCUT2D eigenvalue weighted by molar-refractivity contribution is -0.384. The maximum absolute atomic E-state index is 13.0. The van der Waals surface area contributed by atoms with Crippen LogP contribution in [-0.4, -0.2) is 28.9 Å². The van der Waals surface area contributed by atoms with E-state index in [9.17, 15) is 37.7 Å². The number of halogens is 4. The number of ether oxygens (including phenoxy) is 1. The molecule has 0 aliphatic rings. The number of amides is 2. The van der Waals surface area contributed by atoms with Crippen LogP contribution in [0.2, 0.25) is 0 Å². The van der Waals surface area contributed by atoms with Crippen LogP contribution in [0.3, 0.4) is 0 Å². The SMILES string of the molecule is O=C(NN=Cc1cc(Br)ccc1OC(=O)c1ccc([N+](=O)[O-])cc1)c1cccc(NC(=O)c2cccc(C(F)(F)F)c2)c1.